The Bertz CT molecular complexity index is 461. The minimum absolute atomic E-state index is 0.284. The van der Waals surface area contributed by atoms with Gasteiger partial charge in [-0.1, -0.05) is 11.8 Å². The molecule has 17 heavy (non-hydrogen) atoms. The molecule has 1 amide bonds. The molecule has 0 unspecified atom stereocenters. The van der Waals surface area contributed by atoms with Crippen LogP contribution in [0.15, 0.2) is 18.2 Å². The largest absolute Gasteiger partial charge is 0.495 e. The molecular formula is C12H14N2O3. The quantitative estimate of drug-likeness (QED) is 0.754. The van der Waals surface area contributed by atoms with Crippen LogP contribution < -0.4 is 15.8 Å². The van der Waals surface area contributed by atoms with Crippen molar-refractivity contribution >= 4 is 11.8 Å². The van der Waals surface area contributed by atoms with Crippen LogP contribution >= 0.6 is 0 Å². The number of benzene rings is 1. The Morgan fingerprint density at radius 2 is 2.24 bits per heavy atom. The minimum atomic E-state index is -0.563. The summed E-state index contributed by atoms with van der Waals surface area (Å²) >= 11 is 0. The number of hydrogen-bond donors (Lipinski definition) is 2. The Labute approximate surface area is 99.9 Å². The molecule has 0 saturated carbocycles. The molecule has 0 bridgehead atoms. The average molecular weight is 234 g/mol. The molecule has 1 aromatic carbocycles. The third kappa shape index (κ3) is 3.70. The van der Waals surface area contributed by atoms with E-state index in [-0.39, 0.29) is 6.54 Å². The lowest BCUT2D eigenvalue weighted by Crippen LogP contribution is -2.11. The van der Waals surface area contributed by atoms with E-state index in [2.05, 4.69) is 21.9 Å². The summed E-state index contributed by atoms with van der Waals surface area (Å²) in [6.07, 6.45) is -0.563. The molecule has 0 aliphatic heterocycles. The van der Waals surface area contributed by atoms with E-state index >= 15 is 0 Å². The maximum atomic E-state index is 11.1. The summed E-state index contributed by atoms with van der Waals surface area (Å²) in [5.41, 5.74) is 6.53. The first-order chi connectivity index (χ1) is 8.21. The van der Waals surface area contributed by atoms with Gasteiger partial charge in [0.1, 0.15) is 5.75 Å². The molecule has 90 valence electrons. The number of methoxy groups -OCH3 is 2. The molecule has 0 radical (unpaired) electrons. The zero-order valence-electron chi connectivity index (χ0n) is 9.74. The molecule has 5 nitrogen and oxygen atoms in total. The van der Waals surface area contributed by atoms with Gasteiger partial charge in [-0.15, -0.1) is 0 Å². The van der Waals surface area contributed by atoms with E-state index in [0.29, 0.717) is 11.4 Å². The summed E-state index contributed by atoms with van der Waals surface area (Å²) in [4.78, 5) is 11.1. The SMILES string of the molecule is COC(=O)Nc1cc(C#CCN)ccc1OC. The number of carbonyl (C=O) groups excluding carboxylic acids is 1. The Morgan fingerprint density at radius 1 is 1.47 bits per heavy atom. The zero-order chi connectivity index (χ0) is 12.7. The average Bonchev–Trinajstić information content (AvgIpc) is 2.36. The van der Waals surface area contributed by atoms with Crippen LogP contribution in [-0.4, -0.2) is 26.9 Å². The van der Waals surface area contributed by atoms with E-state index in [4.69, 9.17) is 10.5 Å². The second-order valence-corrected chi connectivity index (χ2v) is 3.04. The molecule has 1 rings (SSSR count). The number of rotatable bonds is 2. The van der Waals surface area contributed by atoms with Crippen LogP contribution in [-0.2, 0) is 4.74 Å². The lowest BCUT2D eigenvalue weighted by Gasteiger charge is -2.09. The highest BCUT2D eigenvalue weighted by Crippen LogP contribution is 2.25. The third-order valence-corrected chi connectivity index (χ3v) is 1.96. The summed E-state index contributed by atoms with van der Waals surface area (Å²) in [7, 11) is 2.81. The van der Waals surface area contributed by atoms with Crippen molar-refractivity contribution in [2.24, 2.45) is 5.73 Å². The molecule has 3 N–H and O–H groups in total. The summed E-state index contributed by atoms with van der Waals surface area (Å²) in [6, 6.07) is 5.19. The maximum absolute atomic E-state index is 11.1. The van der Waals surface area contributed by atoms with Gasteiger partial charge in [-0.2, -0.15) is 0 Å². The smallest absolute Gasteiger partial charge is 0.411 e. The first-order valence-corrected chi connectivity index (χ1v) is 4.93. The highest BCUT2D eigenvalue weighted by Gasteiger charge is 2.07. The second-order valence-electron chi connectivity index (χ2n) is 3.04. The maximum Gasteiger partial charge on any atom is 0.411 e. The minimum Gasteiger partial charge on any atom is -0.495 e. The van der Waals surface area contributed by atoms with Crippen molar-refractivity contribution in [2.75, 3.05) is 26.1 Å². The topological polar surface area (TPSA) is 73.6 Å². The Balaban J connectivity index is 3.01. The normalized spacial score (nSPS) is 8.88. The number of nitrogens with one attached hydrogen (secondary N) is 1. The van der Waals surface area contributed by atoms with Crippen molar-refractivity contribution in [1.82, 2.24) is 0 Å². The van der Waals surface area contributed by atoms with Gasteiger partial charge in [0.05, 0.1) is 26.5 Å². The van der Waals surface area contributed by atoms with Gasteiger partial charge in [0, 0.05) is 5.56 Å². The van der Waals surface area contributed by atoms with Crippen LogP contribution in [0.3, 0.4) is 0 Å². The molecular weight excluding hydrogens is 220 g/mol. The molecule has 0 spiro atoms. The monoisotopic (exact) mass is 234 g/mol. The fourth-order valence-corrected chi connectivity index (χ4v) is 1.20. The fourth-order valence-electron chi connectivity index (χ4n) is 1.20. The van der Waals surface area contributed by atoms with Crippen molar-refractivity contribution in [3.05, 3.63) is 23.8 Å². The van der Waals surface area contributed by atoms with E-state index in [9.17, 15) is 4.79 Å². The van der Waals surface area contributed by atoms with Gasteiger partial charge in [0.25, 0.3) is 0 Å². The van der Waals surface area contributed by atoms with Crippen molar-refractivity contribution in [3.8, 4) is 17.6 Å². The van der Waals surface area contributed by atoms with Crippen molar-refractivity contribution in [3.63, 3.8) is 0 Å². The first-order valence-electron chi connectivity index (χ1n) is 4.93. The molecule has 0 fully saturated rings. The lowest BCUT2D eigenvalue weighted by molar-refractivity contribution is 0.187. The first kappa shape index (κ1) is 12.9. The number of nitrogens with two attached hydrogens (primary N) is 1. The summed E-state index contributed by atoms with van der Waals surface area (Å²) in [6.45, 7) is 0.284. The zero-order valence-corrected chi connectivity index (χ0v) is 9.74. The van der Waals surface area contributed by atoms with Crippen molar-refractivity contribution in [2.45, 2.75) is 0 Å². The summed E-state index contributed by atoms with van der Waals surface area (Å²) < 4.78 is 9.62. The van der Waals surface area contributed by atoms with Gasteiger partial charge in [0.15, 0.2) is 0 Å². The van der Waals surface area contributed by atoms with E-state index in [0.717, 1.165) is 5.56 Å². The molecule has 0 atom stereocenters. The number of hydrogen-bond acceptors (Lipinski definition) is 4. The third-order valence-electron chi connectivity index (χ3n) is 1.96. The van der Waals surface area contributed by atoms with Crippen molar-refractivity contribution < 1.29 is 14.3 Å². The van der Waals surface area contributed by atoms with E-state index in [1.54, 1.807) is 18.2 Å². The van der Waals surface area contributed by atoms with Crippen molar-refractivity contribution in [1.29, 1.82) is 0 Å². The molecule has 0 saturated heterocycles. The van der Waals surface area contributed by atoms with Crippen LogP contribution in [0.4, 0.5) is 10.5 Å². The molecule has 0 aliphatic carbocycles. The van der Waals surface area contributed by atoms with E-state index in [1.807, 2.05) is 0 Å². The van der Waals surface area contributed by atoms with Crippen LogP contribution in [0.5, 0.6) is 5.75 Å². The Hall–Kier alpha value is -2.19. The van der Waals surface area contributed by atoms with Gasteiger partial charge in [-0.25, -0.2) is 4.79 Å². The number of ether oxygens (including phenoxy) is 2. The second kappa shape index (κ2) is 6.40. The van der Waals surface area contributed by atoms with Gasteiger partial charge in [0.2, 0.25) is 0 Å². The number of carbonyl (C=O) groups is 1. The van der Waals surface area contributed by atoms with Crippen LogP contribution in [0, 0.1) is 11.8 Å². The van der Waals surface area contributed by atoms with Gasteiger partial charge in [-0.05, 0) is 18.2 Å². The van der Waals surface area contributed by atoms with Crippen LogP contribution in [0.1, 0.15) is 5.56 Å². The van der Waals surface area contributed by atoms with Crippen LogP contribution in [0.25, 0.3) is 0 Å². The van der Waals surface area contributed by atoms with Crippen LogP contribution in [0.2, 0.25) is 0 Å². The van der Waals surface area contributed by atoms with Gasteiger partial charge >= 0.3 is 6.09 Å². The number of amides is 1. The molecule has 1 aromatic rings. The van der Waals surface area contributed by atoms with Gasteiger partial charge in [-0.3, -0.25) is 5.32 Å². The lowest BCUT2D eigenvalue weighted by atomic mass is 10.2. The molecule has 0 aliphatic rings. The van der Waals surface area contributed by atoms with E-state index < -0.39 is 6.09 Å². The predicted molar refractivity (Wildman–Crippen MR) is 65.0 cm³/mol. The summed E-state index contributed by atoms with van der Waals surface area (Å²) in [5, 5.41) is 2.54. The Morgan fingerprint density at radius 3 is 2.82 bits per heavy atom. The summed E-state index contributed by atoms with van der Waals surface area (Å²) in [5.74, 6) is 6.13. The number of anilines is 1. The Kier molecular flexibility index (Phi) is 4.85. The molecule has 5 heteroatoms. The fraction of sp³-hybridized carbons (Fsp3) is 0.250. The highest BCUT2D eigenvalue weighted by molar-refractivity contribution is 5.87. The molecule has 0 heterocycles. The standard InChI is InChI=1S/C12H14N2O3/c1-16-11-6-5-9(4-3-7-13)8-10(11)14-12(15)17-2/h5-6,8H,7,13H2,1-2H3,(H,14,15). The highest BCUT2D eigenvalue weighted by atomic mass is 16.5. The van der Waals surface area contributed by atoms with Gasteiger partial charge < -0.3 is 15.2 Å². The van der Waals surface area contributed by atoms with E-state index in [1.165, 1.54) is 14.2 Å². The molecule has 0 aromatic heterocycles. The predicted octanol–water partition coefficient (Wildman–Crippen LogP) is 1.18.